The highest BCUT2D eigenvalue weighted by Crippen LogP contribution is 2.13. The third-order valence-electron chi connectivity index (χ3n) is 5.12. The Balaban J connectivity index is 4.10. The minimum absolute atomic E-state index is 0.554. The van der Waals surface area contributed by atoms with Crippen LogP contribution in [-0.2, 0) is 9.47 Å². The van der Waals surface area contributed by atoms with Crippen LogP contribution in [0.1, 0.15) is 54.4 Å². The average molecular weight is 362 g/mol. The van der Waals surface area contributed by atoms with E-state index in [-0.39, 0.29) is 0 Å². The maximum absolute atomic E-state index is 6.03. The summed E-state index contributed by atoms with van der Waals surface area (Å²) in [5.41, 5.74) is 1.11. The summed E-state index contributed by atoms with van der Waals surface area (Å²) in [5, 5.41) is 3.65. The zero-order chi connectivity index (χ0) is 17.5. The molecule has 140 valence electrons. The highest BCUT2D eigenvalue weighted by atomic mass is 28.3. The summed E-state index contributed by atoms with van der Waals surface area (Å²) in [6, 6.07) is 5.42. The van der Waals surface area contributed by atoms with Crippen molar-refractivity contribution in [3.05, 3.63) is 0 Å². The molecule has 0 aromatic heterocycles. The van der Waals surface area contributed by atoms with Crippen molar-refractivity contribution >= 4 is 17.6 Å². The summed E-state index contributed by atoms with van der Waals surface area (Å²) < 4.78 is 12.1. The number of hydrogen-bond donors (Lipinski definition) is 1. The second-order valence-corrected chi connectivity index (χ2v) is 14.3. The Morgan fingerprint density at radius 2 is 1.00 bits per heavy atom. The second kappa shape index (κ2) is 15.8. The minimum Gasteiger partial charge on any atom is -0.382 e. The lowest BCUT2D eigenvalue weighted by atomic mass is 10.4. The van der Waals surface area contributed by atoms with E-state index in [9.17, 15) is 0 Å². The predicted molar refractivity (Wildman–Crippen MR) is 109 cm³/mol. The summed E-state index contributed by atoms with van der Waals surface area (Å²) in [4.78, 5) is 0. The SMILES string of the molecule is CCOC(CCNCCC(OCC)[SiH](CC)CC)[SiH](CC)CC. The van der Waals surface area contributed by atoms with E-state index in [2.05, 4.69) is 46.9 Å². The Morgan fingerprint density at radius 1 is 0.652 bits per heavy atom. The molecular weight excluding hydrogens is 318 g/mol. The molecule has 0 aliphatic rings. The minimum atomic E-state index is -0.714. The van der Waals surface area contributed by atoms with Gasteiger partial charge in [0.05, 0.1) is 17.6 Å². The molecule has 0 saturated carbocycles. The van der Waals surface area contributed by atoms with Gasteiger partial charge in [0.25, 0.3) is 0 Å². The number of nitrogens with one attached hydrogen (secondary N) is 1. The van der Waals surface area contributed by atoms with Crippen LogP contribution in [0.5, 0.6) is 0 Å². The molecule has 0 saturated heterocycles. The van der Waals surface area contributed by atoms with Crippen molar-refractivity contribution < 1.29 is 9.47 Å². The smallest absolute Gasteiger partial charge is 0.0712 e. The van der Waals surface area contributed by atoms with Gasteiger partial charge in [-0.3, -0.25) is 0 Å². The van der Waals surface area contributed by atoms with Crippen LogP contribution in [-0.4, -0.2) is 55.4 Å². The largest absolute Gasteiger partial charge is 0.382 e. The normalized spacial score (nSPS) is 14.6. The highest BCUT2D eigenvalue weighted by molar-refractivity contribution is 6.60. The Labute approximate surface area is 149 Å². The van der Waals surface area contributed by atoms with Crippen LogP contribution in [0.2, 0.25) is 24.2 Å². The molecule has 2 unspecified atom stereocenters. The Kier molecular flexibility index (Phi) is 16.0. The highest BCUT2D eigenvalue weighted by Gasteiger charge is 2.21. The quantitative estimate of drug-likeness (QED) is 0.335. The summed E-state index contributed by atoms with van der Waals surface area (Å²) in [6.07, 6.45) is 2.38. The van der Waals surface area contributed by atoms with Crippen LogP contribution in [0.15, 0.2) is 0 Å². The van der Waals surface area contributed by atoms with Crippen LogP contribution in [0.3, 0.4) is 0 Å². The lowest BCUT2D eigenvalue weighted by Gasteiger charge is -2.26. The van der Waals surface area contributed by atoms with E-state index in [4.69, 9.17) is 9.47 Å². The molecule has 5 heteroatoms. The first-order valence-electron chi connectivity index (χ1n) is 10.1. The molecule has 0 aromatic carbocycles. The van der Waals surface area contributed by atoms with Crippen LogP contribution in [0.25, 0.3) is 0 Å². The first-order chi connectivity index (χ1) is 11.2. The van der Waals surface area contributed by atoms with E-state index in [1.54, 1.807) is 0 Å². The van der Waals surface area contributed by atoms with Crippen LogP contribution in [0, 0.1) is 0 Å². The van der Waals surface area contributed by atoms with Crippen LogP contribution < -0.4 is 5.32 Å². The third kappa shape index (κ3) is 10.0. The standard InChI is InChI=1S/C18H43NO2Si2/c1-7-20-17(22(9-3)10-4)13-15-19-16-14-18(21-8-2)23(11-5)12-6/h17-19,22-23H,7-16H2,1-6H3. The monoisotopic (exact) mass is 361 g/mol. The molecule has 0 heterocycles. The molecule has 3 nitrogen and oxygen atoms in total. The van der Waals surface area contributed by atoms with E-state index in [1.165, 1.54) is 37.0 Å². The van der Waals surface area contributed by atoms with Gasteiger partial charge in [-0.25, -0.2) is 0 Å². The molecule has 0 radical (unpaired) electrons. The summed E-state index contributed by atoms with van der Waals surface area (Å²) in [7, 11) is -1.43. The number of ether oxygens (including phenoxy) is 2. The molecule has 0 aromatic rings. The molecule has 0 bridgehead atoms. The molecule has 0 aliphatic heterocycles. The van der Waals surface area contributed by atoms with Gasteiger partial charge in [-0.15, -0.1) is 0 Å². The number of rotatable bonds is 16. The Morgan fingerprint density at radius 3 is 1.26 bits per heavy atom. The van der Waals surface area contributed by atoms with Gasteiger partial charge < -0.3 is 14.8 Å². The topological polar surface area (TPSA) is 30.5 Å². The zero-order valence-electron chi connectivity index (χ0n) is 16.7. The summed E-state index contributed by atoms with van der Waals surface area (Å²) >= 11 is 0. The predicted octanol–water partition coefficient (Wildman–Crippen LogP) is 3.78. The molecular formula is C18H43NO2Si2. The molecule has 0 aliphatic carbocycles. The van der Waals surface area contributed by atoms with Gasteiger partial charge in [-0.1, -0.05) is 51.9 Å². The molecule has 0 amide bonds. The molecule has 1 N–H and O–H groups in total. The third-order valence-corrected chi connectivity index (χ3v) is 12.5. The van der Waals surface area contributed by atoms with Gasteiger partial charge in [-0.05, 0) is 39.8 Å². The van der Waals surface area contributed by atoms with Crippen molar-refractivity contribution in [2.24, 2.45) is 0 Å². The second-order valence-electron chi connectivity index (χ2n) is 6.47. The maximum Gasteiger partial charge on any atom is 0.0712 e. The van der Waals surface area contributed by atoms with Crippen molar-refractivity contribution in [2.45, 2.75) is 90.0 Å². The fourth-order valence-electron chi connectivity index (χ4n) is 3.58. The molecule has 2 atom stereocenters. The van der Waals surface area contributed by atoms with E-state index in [1.807, 2.05) is 0 Å². The van der Waals surface area contributed by atoms with Crippen molar-refractivity contribution in [3.63, 3.8) is 0 Å². The Bertz CT molecular complexity index is 225. The first-order valence-corrected chi connectivity index (χ1v) is 14.7. The first kappa shape index (κ1) is 23.3. The van der Waals surface area contributed by atoms with Gasteiger partial charge in [0.1, 0.15) is 0 Å². The zero-order valence-corrected chi connectivity index (χ0v) is 19.0. The van der Waals surface area contributed by atoms with Crippen molar-refractivity contribution in [1.29, 1.82) is 0 Å². The molecule has 0 spiro atoms. The molecule has 0 fully saturated rings. The fraction of sp³-hybridized carbons (Fsp3) is 1.00. The van der Waals surface area contributed by atoms with Gasteiger partial charge in [0.2, 0.25) is 0 Å². The molecule has 23 heavy (non-hydrogen) atoms. The summed E-state index contributed by atoms with van der Waals surface area (Å²) in [5.74, 6) is 0. The maximum atomic E-state index is 6.03. The average Bonchev–Trinajstić information content (AvgIpc) is 2.56. The van der Waals surface area contributed by atoms with Crippen LogP contribution in [0.4, 0.5) is 0 Å². The van der Waals surface area contributed by atoms with Gasteiger partial charge in [0, 0.05) is 24.7 Å². The van der Waals surface area contributed by atoms with Crippen molar-refractivity contribution in [1.82, 2.24) is 5.32 Å². The number of hydrogen-bond acceptors (Lipinski definition) is 3. The lowest BCUT2D eigenvalue weighted by molar-refractivity contribution is 0.102. The van der Waals surface area contributed by atoms with Crippen molar-refractivity contribution in [2.75, 3.05) is 26.3 Å². The lowest BCUT2D eigenvalue weighted by Crippen LogP contribution is -2.37. The van der Waals surface area contributed by atoms with E-state index in [0.717, 1.165) is 26.3 Å². The van der Waals surface area contributed by atoms with Gasteiger partial charge in [-0.2, -0.15) is 0 Å². The van der Waals surface area contributed by atoms with E-state index >= 15 is 0 Å². The van der Waals surface area contributed by atoms with Gasteiger partial charge in [0.15, 0.2) is 0 Å². The van der Waals surface area contributed by atoms with E-state index in [0.29, 0.717) is 11.5 Å². The summed E-state index contributed by atoms with van der Waals surface area (Å²) in [6.45, 7) is 17.5. The molecule has 0 rings (SSSR count). The Hall–Kier alpha value is 0.314. The van der Waals surface area contributed by atoms with Crippen LogP contribution >= 0.6 is 0 Å². The van der Waals surface area contributed by atoms with Crippen molar-refractivity contribution in [3.8, 4) is 0 Å². The van der Waals surface area contributed by atoms with Gasteiger partial charge >= 0.3 is 0 Å². The van der Waals surface area contributed by atoms with E-state index < -0.39 is 17.6 Å². The fourth-order valence-corrected chi connectivity index (χ4v) is 9.04.